The largest absolute Gasteiger partial charge is 0.319 e. The number of aryl methyl sites for hydroxylation is 1. The van der Waals surface area contributed by atoms with Crippen molar-refractivity contribution in [2.45, 2.75) is 26.2 Å². The standard InChI is InChI=1S/C12H18BrN/c1-4-10(8-14-3)12-7-11(13)6-5-9(12)2/h5-7,10,14H,4,8H2,1-3H3. The molecule has 0 aliphatic heterocycles. The summed E-state index contributed by atoms with van der Waals surface area (Å²) >= 11 is 3.52. The van der Waals surface area contributed by atoms with E-state index in [2.05, 4.69) is 53.3 Å². The number of likely N-dealkylation sites (N-methyl/N-ethyl adjacent to an activating group) is 1. The molecule has 1 N–H and O–H groups in total. The second-order valence-electron chi connectivity index (χ2n) is 3.66. The molecule has 1 aromatic carbocycles. The summed E-state index contributed by atoms with van der Waals surface area (Å²) in [6.07, 6.45) is 1.18. The van der Waals surface area contributed by atoms with Gasteiger partial charge in [0, 0.05) is 11.0 Å². The summed E-state index contributed by atoms with van der Waals surface area (Å²) in [5.41, 5.74) is 2.84. The van der Waals surface area contributed by atoms with Crippen LogP contribution in [-0.2, 0) is 0 Å². The first kappa shape index (κ1) is 11.7. The summed E-state index contributed by atoms with van der Waals surface area (Å²) < 4.78 is 1.17. The number of nitrogens with one attached hydrogen (secondary N) is 1. The Morgan fingerprint density at radius 2 is 2.14 bits per heavy atom. The van der Waals surface area contributed by atoms with Gasteiger partial charge >= 0.3 is 0 Å². The summed E-state index contributed by atoms with van der Waals surface area (Å²) in [5.74, 6) is 0.623. The first-order valence-electron chi connectivity index (χ1n) is 5.09. The van der Waals surface area contributed by atoms with Crippen molar-refractivity contribution < 1.29 is 0 Å². The molecule has 0 saturated carbocycles. The number of rotatable bonds is 4. The van der Waals surface area contributed by atoms with Crippen LogP contribution < -0.4 is 5.32 Å². The minimum absolute atomic E-state index is 0.623. The van der Waals surface area contributed by atoms with Crippen LogP contribution in [0.4, 0.5) is 0 Å². The first-order chi connectivity index (χ1) is 6.69. The van der Waals surface area contributed by atoms with Crippen LogP contribution in [0.25, 0.3) is 0 Å². The summed E-state index contributed by atoms with van der Waals surface area (Å²) in [4.78, 5) is 0. The Hall–Kier alpha value is -0.340. The lowest BCUT2D eigenvalue weighted by Gasteiger charge is -2.17. The minimum Gasteiger partial charge on any atom is -0.319 e. The van der Waals surface area contributed by atoms with Crippen LogP contribution in [0.3, 0.4) is 0 Å². The van der Waals surface area contributed by atoms with E-state index in [1.807, 2.05) is 7.05 Å². The fourth-order valence-corrected chi connectivity index (χ4v) is 2.15. The molecule has 2 heteroatoms. The molecule has 0 fully saturated rings. The molecule has 1 nitrogen and oxygen atoms in total. The number of hydrogen-bond donors (Lipinski definition) is 1. The van der Waals surface area contributed by atoms with Gasteiger partial charge in [0.05, 0.1) is 0 Å². The molecular formula is C12H18BrN. The molecule has 0 bridgehead atoms. The molecule has 1 atom stereocenters. The van der Waals surface area contributed by atoms with Gasteiger partial charge in [-0.1, -0.05) is 28.9 Å². The van der Waals surface area contributed by atoms with Gasteiger partial charge in [-0.2, -0.15) is 0 Å². The third kappa shape index (κ3) is 2.82. The SMILES string of the molecule is CCC(CNC)c1cc(Br)ccc1C. The highest BCUT2D eigenvalue weighted by atomic mass is 79.9. The van der Waals surface area contributed by atoms with Crippen molar-refractivity contribution in [3.63, 3.8) is 0 Å². The van der Waals surface area contributed by atoms with E-state index in [1.165, 1.54) is 22.0 Å². The smallest absolute Gasteiger partial charge is 0.0178 e. The zero-order chi connectivity index (χ0) is 10.6. The van der Waals surface area contributed by atoms with Crippen molar-refractivity contribution in [2.75, 3.05) is 13.6 Å². The minimum atomic E-state index is 0.623. The monoisotopic (exact) mass is 255 g/mol. The van der Waals surface area contributed by atoms with Crippen molar-refractivity contribution in [3.05, 3.63) is 33.8 Å². The zero-order valence-corrected chi connectivity index (χ0v) is 10.7. The van der Waals surface area contributed by atoms with Crippen molar-refractivity contribution >= 4 is 15.9 Å². The second-order valence-corrected chi connectivity index (χ2v) is 4.58. The highest BCUT2D eigenvalue weighted by Crippen LogP contribution is 2.25. The van der Waals surface area contributed by atoms with E-state index in [4.69, 9.17) is 0 Å². The summed E-state index contributed by atoms with van der Waals surface area (Å²) in [6, 6.07) is 6.52. The molecule has 0 saturated heterocycles. The van der Waals surface area contributed by atoms with E-state index in [1.54, 1.807) is 0 Å². The van der Waals surface area contributed by atoms with E-state index in [0.717, 1.165) is 6.54 Å². The van der Waals surface area contributed by atoms with Gasteiger partial charge in [-0.25, -0.2) is 0 Å². The maximum atomic E-state index is 3.52. The lowest BCUT2D eigenvalue weighted by Crippen LogP contribution is -2.17. The van der Waals surface area contributed by atoms with Gasteiger partial charge in [0.1, 0.15) is 0 Å². The maximum Gasteiger partial charge on any atom is 0.0178 e. The van der Waals surface area contributed by atoms with Crippen molar-refractivity contribution in [2.24, 2.45) is 0 Å². The van der Waals surface area contributed by atoms with E-state index >= 15 is 0 Å². The first-order valence-corrected chi connectivity index (χ1v) is 5.89. The predicted molar refractivity (Wildman–Crippen MR) is 65.8 cm³/mol. The van der Waals surface area contributed by atoms with E-state index in [0.29, 0.717) is 5.92 Å². The molecule has 1 unspecified atom stereocenters. The summed E-state index contributed by atoms with van der Waals surface area (Å²) in [6.45, 7) is 5.47. The van der Waals surface area contributed by atoms with Crippen molar-refractivity contribution in [1.82, 2.24) is 5.32 Å². The van der Waals surface area contributed by atoms with Crippen LogP contribution in [0.2, 0.25) is 0 Å². The Balaban J connectivity index is 2.96. The molecule has 14 heavy (non-hydrogen) atoms. The molecule has 0 aliphatic rings. The lowest BCUT2D eigenvalue weighted by atomic mass is 9.93. The molecule has 0 radical (unpaired) electrons. The molecule has 0 heterocycles. The van der Waals surface area contributed by atoms with E-state index in [9.17, 15) is 0 Å². The maximum absolute atomic E-state index is 3.52. The molecule has 0 aliphatic carbocycles. The van der Waals surface area contributed by atoms with Crippen LogP contribution in [0.15, 0.2) is 22.7 Å². The molecule has 1 aromatic rings. The summed E-state index contributed by atoms with van der Waals surface area (Å²) in [7, 11) is 2.01. The summed E-state index contributed by atoms with van der Waals surface area (Å²) in [5, 5.41) is 3.25. The van der Waals surface area contributed by atoms with Gasteiger partial charge in [0.15, 0.2) is 0 Å². The molecular weight excluding hydrogens is 238 g/mol. The zero-order valence-electron chi connectivity index (χ0n) is 9.10. The van der Waals surface area contributed by atoms with Crippen molar-refractivity contribution in [1.29, 1.82) is 0 Å². The van der Waals surface area contributed by atoms with Crippen LogP contribution in [0, 0.1) is 6.92 Å². The quantitative estimate of drug-likeness (QED) is 0.869. The van der Waals surface area contributed by atoms with Crippen LogP contribution >= 0.6 is 15.9 Å². The van der Waals surface area contributed by atoms with Gasteiger partial charge in [0.25, 0.3) is 0 Å². The topological polar surface area (TPSA) is 12.0 Å². The van der Waals surface area contributed by atoms with Gasteiger partial charge in [-0.3, -0.25) is 0 Å². The van der Waals surface area contributed by atoms with Gasteiger partial charge in [-0.15, -0.1) is 0 Å². The van der Waals surface area contributed by atoms with Crippen LogP contribution in [0.1, 0.15) is 30.4 Å². The fourth-order valence-electron chi connectivity index (χ4n) is 1.77. The lowest BCUT2D eigenvalue weighted by molar-refractivity contribution is 0.608. The Labute approximate surface area is 95.0 Å². The van der Waals surface area contributed by atoms with E-state index < -0.39 is 0 Å². The Morgan fingerprint density at radius 1 is 1.43 bits per heavy atom. The second kappa shape index (κ2) is 5.52. The Morgan fingerprint density at radius 3 is 2.71 bits per heavy atom. The number of halogens is 1. The fraction of sp³-hybridized carbons (Fsp3) is 0.500. The molecule has 1 rings (SSSR count). The average molecular weight is 256 g/mol. The Kier molecular flexibility index (Phi) is 4.63. The van der Waals surface area contributed by atoms with Crippen LogP contribution in [-0.4, -0.2) is 13.6 Å². The highest BCUT2D eigenvalue weighted by molar-refractivity contribution is 9.10. The molecule has 0 aromatic heterocycles. The van der Waals surface area contributed by atoms with Crippen molar-refractivity contribution in [3.8, 4) is 0 Å². The third-order valence-corrected chi connectivity index (χ3v) is 3.12. The average Bonchev–Trinajstić information content (AvgIpc) is 2.18. The van der Waals surface area contributed by atoms with E-state index in [-0.39, 0.29) is 0 Å². The predicted octanol–water partition coefficient (Wildman–Crippen LogP) is 3.47. The third-order valence-electron chi connectivity index (χ3n) is 2.62. The number of benzene rings is 1. The highest BCUT2D eigenvalue weighted by Gasteiger charge is 2.10. The van der Waals surface area contributed by atoms with Gasteiger partial charge in [0.2, 0.25) is 0 Å². The number of hydrogen-bond acceptors (Lipinski definition) is 1. The molecule has 0 amide bonds. The van der Waals surface area contributed by atoms with Gasteiger partial charge < -0.3 is 5.32 Å². The van der Waals surface area contributed by atoms with Crippen LogP contribution in [0.5, 0.6) is 0 Å². The molecule has 78 valence electrons. The van der Waals surface area contributed by atoms with Gasteiger partial charge in [-0.05, 0) is 49.6 Å². The Bertz CT molecular complexity index is 296. The normalized spacial score (nSPS) is 12.9. The molecule has 0 spiro atoms.